The van der Waals surface area contributed by atoms with E-state index in [1.807, 2.05) is 32.0 Å². The van der Waals surface area contributed by atoms with Crippen LogP contribution >= 0.6 is 11.8 Å². The zero-order valence-corrected chi connectivity index (χ0v) is 12.4. The molecule has 0 bridgehead atoms. The highest BCUT2D eigenvalue weighted by molar-refractivity contribution is 8.00. The van der Waals surface area contributed by atoms with E-state index in [0.29, 0.717) is 18.2 Å². The lowest BCUT2D eigenvalue weighted by molar-refractivity contribution is -0.136. The van der Waals surface area contributed by atoms with Crippen molar-refractivity contribution in [2.45, 2.75) is 37.1 Å². The number of hydrogen-bond acceptors (Lipinski definition) is 4. The van der Waals surface area contributed by atoms with Crippen LogP contribution in [-0.4, -0.2) is 32.9 Å². The number of carbonyl (C=O) groups is 1. The van der Waals surface area contributed by atoms with Crippen molar-refractivity contribution in [3.63, 3.8) is 0 Å². The Morgan fingerprint density at radius 2 is 2.30 bits per heavy atom. The molecule has 108 valence electrons. The SMILES string of the molecule is CCCC(Sc1nc2ccc(OCC)cc2[nH]1)C(=O)O. The molecule has 0 spiro atoms. The molecule has 1 aromatic carbocycles. The Balaban J connectivity index is 2.20. The minimum atomic E-state index is -0.799. The summed E-state index contributed by atoms with van der Waals surface area (Å²) in [6, 6.07) is 5.61. The van der Waals surface area contributed by atoms with E-state index >= 15 is 0 Å². The zero-order chi connectivity index (χ0) is 14.5. The summed E-state index contributed by atoms with van der Waals surface area (Å²) in [5.74, 6) is -0.0177. The molecule has 2 aromatic rings. The number of carboxylic acid groups (broad SMARTS) is 1. The topological polar surface area (TPSA) is 75.2 Å². The second kappa shape index (κ2) is 6.65. The number of benzene rings is 1. The Morgan fingerprint density at radius 3 is 2.95 bits per heavy atom. The van der Waals surface area contributed by atoms with Gasteiger partial charge in [0.2, 0.25) is 0 Å². The van der Waals surface area contributed by atoms with Gasteiger partial charge in [-0.15, -0.1) is 0 Å². The summed E-state index contributed by atoms with van der Waals surface area (Å²) in [7, 11) is 0. The molecular weight excluding hydrogens is 276 g/mol. The van der Waals surface area contributed by atoms with E-state index in [2.05, 4.69) is 9.97 Å². The van der Waals surface area contributed by atoms with Crippen molar-refractivity contribution in [2.75, 3.05) is 6.61 Å². The van der Waals surface area contributed by atoms with Crippen LogP contribution in [0.4, 0.5) is 0 Å². The van der Waals surface area contributed by atoms with E-state index in [0.717, 1.165) is 23.2 Å². The van der Waals surface area contributed by atoms with Crippen LogP contribution in [0.5, 0.6) is 5.75 Å². The summed E-state index contributed by atoms with van der Waals surface area (Å²) in [4.78, 5) is 18.7. The monoisotopic (exact) mass is 294 g/mol. The molecule has 0 aliphatic heterocycles. The highest BCUT2D eigenvalue weighted by atomic mass is 32.2. The normalized spacial score (nSPS) is 12.5. The molecule has 1 heterocycles. The van der Waals surface area contributed by atoms with Crippen LogP contribution < -0.4 is 4.74 Å². The molecule has 20 heavy (non-hydrogen) atoms. The minimum absolute atomic E-state index is 0.466. The summed E-state index contributed by atoms with van der Waals surface area (Å²) in [5, 5.41) is 9.34. The van der Waals surface area contributed by atoms with Gasteiger partial charge in [0.25, 0.3) is 0 Å². The highest BCUT2D eigenvalue weighted by Crippen LogP contribution is 2.27. The van der Waals surface area contributed by atoms with Crippen molar-refractivity contribution in [1.29, 1.82) is 0 Å². The molecule has 0 saturated carbocycles. The molecule has 6 heteroatoms. The fraction of sp³-hybridized carbons (Fsp3) is 0.429. The number of fused-ring (bicyclic) bond motifs is 1. The van der Waals surface area contributed by atoms with Gasteiger partial charge < -0.3 is 14.8 Å². The fourth-order valence-corrected chi connectivity index (χ4v) is 2.95. The number of hydrogen-bond donors (Lipinski definition) is 2. The van der Waals surface area contributed by atoms with Gasteiger partial charge in [0.15, 0.2) is 5.16 Å². The number of aromatic nitrogens is 2. The van der Waals surface area contributed by atoms with Gasteiger partial charge in [0.05, 0.1) is 17.6 Å². The lowest BCUT2D eigenvalue weighted by Crippen LogP contribution is -2.15. The predicted octanol–water partition coefficient (Wildman–Crippen LogP) is 3.31. The Hall–Kier alpha value is -1.69. The third-order valence-corrected chi connectivity index (χ3v) is 3.96. The standard InChI is InChI=1S/C14H18N2O3S/c1-3-5-12(13(17)18)20-14-15-10-7-6-9(19-4-2)8-11(10)16-14/h6-8,12H,3-5H2,1-2H3,(H,15,16)(H,17,18). The van der Waals surface area contributed by atoms with Gasteiger partial charge >= 0.3 is 5.97 Å². The minimum Gasteiger partial charge on any atom is -0.494 e. The number of ether oxygens (including phenoxy) is 1. The fourth-order valence-electron chi connectivity index (χ4n) is 1.91. The molecule has 0 aliphatic rings. The van der Waals surface area contributed by atoms with Crippen molar-refractivity contribution in [3.05, 3.63) is 18.2 Å². The molecule has 0 aliphatic carbocycles. The van der Waals surface area contributed by atoms with Crippen LogP contribution in [0.3, 0.4) is 0 Å². The number of aromatic amines is 1. The van der Waals surface area contributed by atoms with Gasteiger partial charge in [-0.1, -0.05) is 25.1 Å². The average Bonchev–Trinajstić information content (AvgIpc) is 2.80. The van der Waals surface area contributed by atoms with Gasteiger partial charge in [-0.05, 0) is 25.5 Å². The molecule has 5 nitrogen and oxygen atoms in total. The van der Waals surface area contributed by atoms with E-state index in [1.165, 1.54) is 11.8 Å². The second-order valence-corrected chi connectivity index (χ2v) is 5.58. The summed E-state index contributed by atoms with van der Waals surface area (Å²) in [6.45, 7) is 4.52. The van der Waals surface area contributed by atoms with Crippen molar-refractivity contribution < 1.29 is 14.6 Å². The third-order valence-electron chi connectivity index (χ3n) is 2.82. The van der Waals surface area contributed by atoms with Crippen LogP contribution in [0.15, 0.2) is 23.4 Å². The van der Waals surface area contributed by atoms with Crippen molar-refractivity contribution in [1.82, 2.24) is 9.97 Å². The number of carboxylic acids is 1. The number of thioether (sulfide) groups is 1. The first-order valence-corrected chi connectivity index (χ1v) is 7.54. The lowest BCUT2D eigenvalue weighted by Gasteiger charge is -2.07. The van der Waals surface area contributed by atoms with E-state index in [9.17, 15) is 9.90 Å². The van der Waals surface area contributed by atoms with Crippen LogP contribution in [0.2, 0.25) is 0 Å². The lowest BCUT2D eigenvalue weighted by atomic mass is 10.2. The molecule has 0 amide bonds. The number of nitrogens with one attached hydrogen (secondary N) is 1. The van der Waals surface area contributed by atoms with Crippen molar-refractivity contribution >= 4 is 28.8 Å². The Labute approximate surface area is 121 Å². The Bertz CT molecular complexity index is 597. The summed E-state index contributed by atoms with van der Waals surface area (Å²) < 4.78 is 5.43. The molecule has 1 aromatic heterocycles. The Morgan fingerprint density at radius 1 is 1.50 bits per heavy atom. The van der Waals surface area contributed by atoms with Gasteiger partial charge in [-0.25, -0.2) is 4.98 Å². The average molecular weight is 294 g/mol. The maximum Gasteiger partial charge on any atom is 0.317 e. The largest absolute Gasteiger partial charge is 0.494 e. The van der Waals surface area contributed by atoms with E-state index in [1.54, 1.807) is 0 Å². The van der Waals surface area contributed by atoms with E-state index < -0.39 is 11.2 Å². The molecular formula is C14H18N2O3S. The number of imidazole rings is 1. The Kier molecular flexibility index (Phi) is 4.89. The third kappa shape index (κ3) is 3.45. The summed E-state index contributed by atoms with van der Waals surface area (Å²) in [6.07, 6.45) is 1.46. The maximum atomic E-state index is 11.2. The van der Waals surface area contributed by atoms with Gasteiger partial charge in [-0.3, -0.25) is 4.79 Å². The van der Waals surface area contributed by atoms with Crippen LogP contribution in [-0.2, 0) is 4.79 Å². The van der Waals surface area contributed by atoms with E-state index in [4.69, 9.17) is 4.74 Å². The first-order valence-electron chi connectivity index (χ1n) is 6.66. The van der Waals surface area contributed by atoms with Gasteiger partial charge in [0, 0.05) is 6.07 Å². The molecule has 2 N–H and O–H groups in total. The second-order valence-electron chi connectivity index (χ2n) is 4.39. The molecule has 2 rings (SSSR count). The molecule has 0 saturated heterocycles. The van der Waals surface area contributed by atoms with Gasteiger partial charge in [0.1, 0.15) is 11.0 Å². The van der Waals surface area contributed by atoms with Crippen LogP contribution in [0.25, 0.3) is 11.0 Å². The summed E-state index contributed by atoms with van der Waals surface area (Å²) in [5.41, 5.74) is 1.68. The van der Waals surface area contributed by atoms with Crippen LogP contribution in [0, 0.1) is 0 Å². The number of aliphatic carboxylic acids is 1. The maximum absolute atomic E-state index is 11.2. The predicted molar refractivity (Wildman–Crippen MR) is 79.5 cm³/mol. The molecule has 1 atom stereocenters. The highest BCUT2D eigenvalue weighted by Gasteiger charge is 2.19. The van der Waals surface area contributed by atoms with Crippen LogP contribution in [0.1, 0.15) is 26.7 Å². The first-order chi connectivity index (χ1) is 9.63. The van der Waals surface area contributed by atoms with Gasteiger partial charge in [-0.2, -0.15) is 0 Å². The molecule has 1 unspecified atom stereocenters. The molecule has 0 radical (unpaired) electrons. The van der Waals surface area contributed by atoms with Crippen molar-refractivity contribution in [2.24, 2.45) is 0 Å². The number of nitrogens with zero attached hydrogens (tertiary/aromatic N) is 1. The van der Waals surface area contributed by atoms with Crippen molar-refractivity contribution in [3.8, 4) is 5.75 Å². The smallest absolute Gasteiger partial charge is 0.317 e. The summed E-state index contributed by atoms with van der Waals surface area (Å²) >= 11 is 1.26. The number of rotatable bonds is 7. The quantitative estimate of drug-likeness (QED) is 0.766. The molecule has 0 fully saturated rings. The zero-order valence-electron chi connectivity index (χ0n) is 11.5. The van der Waals surface area contributed by atoms with E-state index in [-0.39, 0.29) is 0 Å². The number of H-pyrrole nitrogens is 1. The first kappa shape index (κ1) is 14.7.